The Morgan fingerprint density at radius 1 is 1.54 bits per heavy atom. The van der Waals surface area contributed by atoms with Crippen molar-refractivity contribution in [3.05, 3.63) is 28.8 Å². The van der Waals surface area contributed by atoms with Crippen LogP contribution >= 0.6 is 11.6 Å². The standard InChI is InChI=1S/C8H7ClF3N/c1-4-2-5(7(10)11)6(3-9)13-8(4)12/h2,7H,3H2,1H3. The van der Waals surface area contributed by atoms with Gasteiger partial charge in [0.2, 0.25) is 5.95 Å². The third-order valence-electron chi connectivity index (χ3n) is 1.63. The molecule has 5 heteroatoms. The van der Waals surface area contributed by atoms with Crippen LogP contribution in [-0.4, -0.2) is 4.98 Å². The summed E-state index contributed by atoms with van der Waals surface area (Å²) in [5, 5.41) is 0. The van der Waals surface area contributed by atoms with Crippen LogP contribution < -0.4 is 0 Å². The summed E-state index contributed by atoms with van der Waals surface area (Å²) in [5.74, 6) is -0.961. The van der Waals surface area contributed by atoms with Crippen LogP contribution in [0.3, 0.4) is 0 Å². The van der Waals surface area contributed by atoms with Gasteiger partial charge in [0.05, 0.1) is 11.6 Å². The maximum Gasteiger partial charge on any atom is 0.265 e. The fraction of sp³-hybridized carbons (Fsp3) is 0.375. The molecule has 0 aliphatic rings. The van der Waals surface area contributed by atoms with Crippen molar-refractivity contribution in [3.8, 4) is 0 Å². The highest BCUT2D eigenvalue weighted by Gasteiger charge is 2.16. The lowest BCUT2D eigenvalue weighted by molar-refractivity contribution is 0.149. The van der Waals surface area contributed by atoms with E-state index in [9.17, 15) is 13.2 Å². The van der Waals surface area contributed by atoms with Crippen molar-refractivity contribution in [2.75, 3.05) is 0 Å². The highest BCUT2D eigenvalue weighted by atomic mass is 35.5. The first kappa shape index (κ1) is 10.3. The first-order valence-corrected chi connectivity index (χ1v) is 4.09. The summed E-state index contributed by atoms with van der Waals surface area (Å²) < 4.78 is 37.4. The van der Waals surface area contributed by atoms with E-state index in [2.05, 4.69) is 4.98 Å². The number of pyridine rings is 1. The van der Waals surface area contributed by atoms with E-state index in [4.69, 9.17) is 11.6 Å². The number of nitrogens with zero attached hydrogens (tertiary/aromatic N) is 1. The largest absolute Gasteiger partial charge is 0.265 e. The quantitative estimate of drug-likeness (QED) is 0.538. The Morgan fingerprint density at radius 2 is 2.15 bits per heavy atom. The van der Waals surface area contributed by atoms with Gasteiger partial charge in [-0.05, 0) is 13.0 Å². The van der Waals surface area contributed by atoms with E-state index in [0.717, 1.165) is 6.07 Å². The van der Waals surface area contributed by atoms with Crippen LogP contribution in [0.5, 0.6) is 0 Å². The molecule has 0 aliphatic heterocycles. The normalized spacial score (nSPS) is 10.9. The number of hydrogen-bond acceptors (Lipinski definition) is 1. The first-order valence-electron chi connectivity index (χ1n) is 3.56. The molecule has 0 N–H and O–H groups in total. The number of hydrogen-bond donors (Lipinski definition) is 0. The van der Waals surface area contributed by atoms with Gasteiger partial charge in [-0.2, -0.15) is 4.39 Å². The topological polar surface area (TPSA) is 12.9 Å². The van der Waals surface area contributed by atoms with Gasteiger partial charge in [-0.25, -0.2) is 13.8 Å². The van der Waals surface area contributed by atoms with Crippen molar-refractivity contribution >= 4 is 11.6 Å². The minimum atomic E-state index is -2.67. The van der Waals surface area contributed by atoms with Gasteiger partial charge in [-0.15, -0.1) is 11.6 Å². The molecule has 0 amide bonds. The second kappa shape index (κ2) is 3.96. The predicted molar refractivity (Wildman–Crippen MR) is 43.4 cm³/mol. The average Bonchev–Trinajstić information content (AvgIpc) is 2.08. The summed E-state index contributed by atoms with van der Waals surface area (Å²) in [6, 6.07) is 1.07. The van der Waals surface area contributed by atoms with E-state index in [1.165, 1.54) is 6.92 Å². The highest BCUT2D eigenvalue weighted by Crippen LogP contribution is 2.24. The lowest BCUT2D eigenvalue weighted by Gasteiger charge is -2.06. The minimum Gasteiger partial charge on any atom is -0.223 e. The molecule has 0 saturated carbocycles. The summed E-state index contributed by atoms with van der Waals surface area (Å²) in [4.78, 5) is 3.33. The zero-order valence-electron chi connectivity index (χ0n) is 6.82. The molecule has 1 rings (SSSR count). The van der Waals surface area contributed by atoms with Gasteiger partial charge in [-0.3, -0.25) is 0 Å². The zero-order chi connectivity index (χ0) is 10.0. The smallest absolute Gasteiger partial charge is 0.223 e. The molecule has 0 spiro atoms. The molecule has 1 aromatic heterocycles. The first-order chi connectivity index (χ1) is 6.06. The molecular formula is C8H7ClF3N. The van der Waals surface area contributed by atoms with Crippen molar-refractivity contribution in [3.63, 3.8) is 0 Å². The van der Waals surface area contributed by atoms with Crippen LogP contribution in [0.2, 0.25) is 0 Å². The van der Waals surface area contributed by atoms with E-state index in [0.29, 0.717) is 0 Å². The van der Waals surface area contributed by atoms with E-state index in [1.807, 2.05) is 0 Å². The maximum absolute atomic E-state index is 12.8. The lowest BCUT2D eigenvalue weighted by atomic mass is 10.1. The van der Waals surface area contributed by atoms with Crippen LogP contribution in [0, 0.1) is 12.9 Å². The molecule has 1 nitrogen and oxygen atoms in total. The Labute approximate surface area is 78.5 Å². The van der Waals surface area contributed by atoms with Crippen LogP contribution in [0.25, 0.3) is 0 Å². The van der Waals surface area contributed by atoms with Gasteiger partial charge in [0, 0.05) is 11.1 Å². The second-order valence-corrected chi connectivity index (χ2v) is 2.83. The lowest BCUT2D eigenvalue weighted by Crippen LogP contribution is -2.01. The fourth-order valence-electron chi connectivity index (χ4n) is 0.943. The molecule has 0 unspecified atom stereocenters. The summed E-state index contributed by atoms with van der Waals surface area (Å²) in [6.45, 7) is 1.38. The monoisotopic (exact) mass is 209 g/mol. The summed E-state index contributed by atoms with van der Waals surface area (Å²) >= 11 is 5.34. The van der Waals surface area contributed by atoms with Crippen LogP contribution in [0.4, 0.5) is 13.2 Å². The third-order valence-corrected chi connectivity index (χ3v) is 1.88. The van der Waals surface area contributed by atoms with Gasteiger partial charge in [0.1, 0.15) is 0 Å². The molecule has 0 fully saturated rings. The van der Waals surface area contributed by atoms with Crippen molar-refractivity contribution in [1.82, 2.24) is 4.98 Å². The number of alkyl halides is 3. The van der Waals surface area contributed by atoms with E-state index in [-0.39, 0.29) is 22.7 Å². The van der Waals surface area contributed by atoms with Crippen molar-refractivity contribution < 1.29 is 13.2 Å². The molecule has 1 heterocycles. The number of rotatable bonds is 2. The van der Waals surface area contributed by atoms with Gasteiger partial charge in [0.15, 0.2) is 0 Å². The Morgan fingerprint density at radius 3 is 2.62 bits per heavy atom. The van der Waals surface area contributed by atoms with E-state index < -0.39 is 12.4 Å². The zero-order valence-corrected chi connectivity index (χ0v) is 7.58. The molecule has 1 aromatic rings. The van der Waals surface area contributed by atoms with Gasteiger partial charge >= 0.3 is 0 Å². The summed E-state index contributed by atoms with van der Waals surface area (Å²) in [6.07, 6.45) is -2.67. The van der Waals surface area contributed by atoms with Crippen molar-refractivity contribution in [1.29, 1.82) is 0 Å². The number of aryl methyl sites for hydroxylation is 1. The molecule has 13 heavy (non-hydrogen) atoms. The Balaban J connectivity index is 3.25. The van der Waals surface area contributed by atoms with Gasteiger partial charge < -0.3 is 0 Å². The molecule has 0 bridgehead atoms. The Hall–Kier alpha value is -0.770. The predicted octanol–water partition coefficient (Wildman–Crippen LogP) is 3.21. The molecule has 0 aromatic carbocycles. The SMILES string of the molecule is Cc1cc(C(F)F)c(CCl)nc1F. The van der Waals surface area contributed by atoms with Crippen molar-refractivity contribution in [2.45, 2.75) is 19.2 Å². The second-order valence-electron chi connectivity index (χ2n) is 2.57. The van der Waals surface area contributed by atoms with Crippen molar-refractivity contribution in [2.24, 2.45) is 0 Å². The molecule has 0 aliphatic carbocycles. The summed E-state index contributed by atoms with van der Waals surface area (Å²) in [7, 11) is 0. The highest BCUT2D eigenvalue weighted by molar-refractivity contribution is 6.17. The molecule has 0 radical (unpaired) electrons. The third kappa shape index (κ3) is 2.12. The minimum absolute atomic E-state index is 0.0974. The van der Waals surface area contributed by atoms with Crippen LogP contribution in [0.15, 0.2) is 6.07 Å². The molecular weight excluding hydrogens is 203 g/mol. The fourth-order valence-corrected chi connectivity index (χ4v) is 1.16. The van der Waals surface area contributed by atoms with Crippen LogP contribution in [-0.2, 0) is 5.88 Å². The average molecular weight is 210 g/mol. The Kier molecular flexibility index (Phi) is 3.14. The maximum atomic E-state index is 12.8. The van der Waals surface area contributed by atoms with Crippen LogP contribution in [0.1, 0.15) is 23.2 Å². The summed E-state index contributed by atoms with van der Waals surface area (Å²) in [5.41, 5.74) is -0.294. The van der Waals surface area contributed by atoms with Gasteiger partial charge in [0.25, 0.3) is 6.43 Å². The molecule has 72 valence electrons. The van der Waals surface area contributed by atoms with E-state index in [1.54, 1.807) is 0 Å². The number of halogens is 4. The molecule has 0 saturated heterocycles. The Bertz CT molecular complexity index is 315. The number of aromatic nitrogens is 1. The van der Waals surface area contributed by atoms with E-state index >= 15 is 0 Å². The van der Waals surface area contributed by atoms with Gasteiger partial charge in [-0.1, -0.05) is 0 Å². The molecule has 0 atom stereocenters.